The van der Waals surface area contributed by atoms with Crippen LogP contribution in [0.25, 0.3) is 11.0 Å². The molecule has 1 saturated heterocycles. The summed E-state index contributed by atoms with van der Waals surface area (Å²) in [6.45, 7) is 14.8. The number of benzene rings is 2. The van der Waals surface area contributed by atoms with Crippen LogP contribution in [0.4, 0.5) is 11.4 Å². The van der Waals surface area contributed by atoms with Crippen molar-refractivity contribution >= 4 is 39.3 Å². The second kappa shape index (κ2) is 10.3. The molecule has 0 saturated carbocycles. The Morgan fingerprint density at radius 3 is 2.28 bits per heavy atom. The van der Waals surface area contributed by atoms with Gasteiger partial charge in [0.2, 0.25) is 5.91 Å². The predicted molar refractivity (Wildman–Crippen MR) is 147 cm³/mol. The van der Waals surface area contributed by atoms with Gasteiger partial charge in [-0.25, -0.2) is 9.19 Å². The molecule has 2 heterocycles. The molecule has 0 radical (unpaired) electrons. The van der Waals surface area contributed by atoms with Crippen molar-refractivity contribution in [3.8, 4) is 0 Å². The van der Waals surface area contributed by atoms with Crippen LogP contribution in [0.1, 0.15) is 60.2 Å². The summed E-state index contributed by atoms with van der Waals surface area (Å²) in [5.41, 5.74) is 2.86. The lowest BCUT2D eigenvalue weighted by Crippen LogP contribution is -2.27. The molecule has 1 aromatic heterocycles. The summed E-state index contributed by atoms with van der Waals surface area (Å²) in [5, 5.41) is 2.89. The van der Waals surface area contributed by atoms with Gasteiger partial charge in [0.05, 0.1) is 15.9 Å². The predicted octanol–water partition coefficient (Wildman–Crippen LogP) is 5.88. The Balaban J connectivity index is 1.52. The number of rotatable bonds is 6. The van der Waals surface area contributed by atoms with Gasteiger partial charge >= 0.3 is 0 Å². The molecule has 1 fully saturated rings. The van der Waals surface area contributed by atoms with E-state index in [2.05, 4.69) is 41.4 Å². The van der Waals surface area contributed by atoms with Crippen LogP contribution in [0, 0.1) is 11.3 Å². The molecule has 2 N–H and O–H groups in total. The summed E-state index contributed by atoms with van der Waals surface area (Å²) in [4.78, 5) is 17.8. The van der Waals surface area contributed by atoms with Crippen molar-refractivity contribution < 1.29 is 13.7 Å². The van der Waals surface area contributed by atoms with Gasteiger partial charge in [-0.1, -0.05) is 41.5 Å². The number of aromatic nitrogens is 2. The number of anilines is 2. The lowest BCUT2D eigenvalue weighted by atomic mass is 9.94. The van der Waals surface area contributed by atoms with E-state index in [-0.39, 0.29) is 11.3 Å². The molecule has 8 heteroatoms. The van der Waals surface area contributed by atoms with Crippen LogP contribution >= 0.6 is 0 Å². The highest BCUT2D eigenvalue weighted by molar-refractivity contribution is 7.86. The first-order chi connectivity index (χ1) is 16.9. The third-order valence-electron chi connectivity index (χ3n) is 6.42. The number of hydrogen-bond donors (Lipinski definition) is 2. The largest absolute Gasteiger partial charge is 0.381 e. The molecule has 1 aliphatic rings. The zero-order valence-electron chi connectivity index (χ0n) is 22.2. The summed E-state index contributed by atoms with van der Waals surface area (Å²) in [7, 11) is -1.45. The molecular formula is C28H38N4O3S. The van der Waals surface area contributed by atoms with E-state index in [4.69, 9.17) is 9.72 Å². The molecule has 3 aromatic rings. The maximum Gasteiger partial charge on any atom is 0.229 e. The van der Waals surface area contributed by atoms with E-state index < -0.39 is 16.4 Å². The van der Waals surface area contributed by atoms with Gasteiger partial charge in [-0.05, 0) is 61.2 Å². The summed E-state index contributed by atoms with van der Waals surface area (Å²) < 4.78 is 24.0. The number of nitrogens with one attached hydrogen (secondary N) is 2. The number of amides is 1. The maximum absolute atomic E-state index is 13.0. The number of nitrogens with zero attached hydrogens (tertiary/aromatic N) is 2. The first kappa shape index (κ1) is 26.4. The minimum atomic E-state index is -1.45. The fourth-order valence-corrected chi connectivity index (χ4v) is 5.13. The average Bonchev–Trinajstić information content (AvgIpc) is 3.17. The van der Waals surface area contributed by atoms with Crippen LogP contribution in [0.2, 0.25) is 0 Å². The third kappa shape index (κ3) is 6.16. The lowest BCUT2D eigenvalue weighted by Gasteiger charge is -2.26. The van der Waals surface area contributed by atoms with E-state index in [0.717, 1.165) is 55.1 Å². The molecule has 0 bridgehead atoms. The van der Waals surface area contributed by atoms with Gasteiger partial charge in [0.15, 0.2) is 0 Å². The summed E-state index contributed by atoms with van der Waals surface area (Å²) in [5.74, 6) is 1.59. The highest BCUT2D eigenvalue weighted by Crippen LogP contribution is 2.31. The number of ether oxygens (including phenoxy) is 1. The molecule has 0 spiro atoms. The summed E-state index contributed by atoms with van der Waals surface area (Å²) in [6.07, 6.45) is 2.14. The minimum absolute atomic E-state index is 0.0614. The molecular weight excluding hydrogens is 472 g/mol. The van der Waals surface area contributed by atoms with E-state index in [1.54, 1.807) is 24.3 Å². The van der Waals surface area contributed by atoms with Gasteiger partial charge in [-0.3, -0.25) is 4.79 Å². The van der Waals surface area contributed by atoms with Gasteiger partial charge in [-0.15, -0.1) is 0 Å². The average molecular weight is 511 g/mol. The number of imidazole rings is 1. The van der Waals surface area contributed by atoms with E-state index in [1.165, 1.54) is 0 Å². The van der Waals surface area contributed by atoms with Crippen molar-refractivity contribution in [3.05, 3.63) is 48.3 Å². The monoisotopic (exact) mass is 510 g/mol. The van der Waals surface area contributed by atoms with Crippen molar-refractivity contribution in [1.29, 1.82) is 0 Å². The Morgan fingerprint density at radius 1 is 1.03 bits per heavy atom. The molecule has 36 heavy (non-hydrogen) atoms. The quantitative estimate of drug-likeness (QED) is 0.434. The molecule has 2 aromatic carbocycles. The van der Waals surface area contributed by atoms with E-state index in [9.17, 15) is 9.00 Å². The second-order valence-corrected chi connectivity index (χ2v) is 12.9. The number of carbonyl (C=O) groups is 1. The van der Waals surface area contributed by atoms with Crippen LogP contribution < -0.4 is 10.0 Å². The Kier molecular flexibility index (Phi) is 7.57. The SMILES string of the molecule is CC(C)(C)C(=O)Nc1ccc(S(=O)Nc2ccc3c(c2)nc(C(C)(C)C)n3CC2CCOCC2)cc1. The van der Waals surface area contributed by atoms with Crippen molar-refractivity contribution in [2.45, 2.75) is 71.2 Å². The standard InChI is InChI=1S/C28H38N4O3S/c1-27(2,3)25-30-23-17-21(9-12-24(23)32(25)18-19-13-15-35-16-14-19)31-36(34)22-10-7-20(8-11-22)29-26(33)28(4,5)6/h7-12,17,19,31H,13-16,18H2,1-6H3,(H,29,33). The molecule has 1 amide bonds. The first-order valence-electron chi connectivity index (χ1n) is 12.6. The smallest absolute Gasteiger partial charge is 0.229 e. The van der Waals surface area contributed by atoms with Crippen LogP contribution in [-0.2, 0) is 32.5 Å². The molecule has 4 rings (SSSR count). The number of carbonyl (C=O) groups excluding carboxylic acids is 1. The maximum atomic E-state index is 13.0. The lowest BCUT2D eigenvalue weighted by molar-refractivity contribution is -0.123. The fraction of sp³-hybridized carbons (Fsp3) is 0.500. The number of fused-ring (bicyclic) bond motifs is 1. The first-order valence-corrected chi connectivity index (χ1v) is 13.8. The van der Waals surface area contributed by atoms with Gasteiger partial charge < -0.3 is 19.3 Å². The molecule has 0 aliphatic carbocycles. The van der Waals surface area contributed by atoms with Crippen molar-refractivity contribution in [3.63, 3.8) is 0 Å². The Morgan fingerprint density at radius 2 is 1.67 bits per heavy atom. The van der Waals surface area contributed by atoms with Gasteiger partial charge in [0, 0.05) is 42.0 Å². The second-order valence-electron chi connectivity index (χ2n) is 11.7. The molecule has 194 valence electrons. The zero-order valence-corrected chi connectivity index (χ0v) is 23.0. The van der Waals surface area contributed by atoms with Crippen molar-refractivity contribution in [2.24, 2.45) is 11.3 Å². The molecule has 1 aliphatic heterocycles. The Bertz CT molecular complexity index is 1250. The number of hydrogen-bond acceptors (Lipinski definition) is 4. The minimum Gasteiger partial charge on any atom is -0.381 e. The fourth-order valence-electron chi connectivity index (χ4n) is 4.28. The van der Waals surface area contributed by atoms with E-state index in [1.807, 2.05) is 32.9 Å². The molecule has 1 unspecified atom stereocenters. The normalized spacial score (nSPS) is 16.2. The highest BCUT2D eigenvalue weighted by atomic mass is 32.2. The van der Waals surface area contributed by atoms with Crippen LogP contribution in [0.5, 0.6) is 0 Å². The van der Waals surface area contributed by atoms with Gasteiger partial charge in [0.1, 0.15) is 16.8 Å². The van der Waals surface area contributed by atoms with Crippen molar-refractivity contribution in [1.82, 2.24) is 9.55 Å². The van der Waals surface area contributed by atoms with Crippen LogP contribution in [-0.4, -0.2) is 32.9 Å². The highest BCUT2D eigenvalue weighted by Gasteiger charge is 2.26. The summed E-state index contributed by atoms with van der Waals surface area (Å²) >= 11 is 0. The zero-order chi connectivity index (χ0) is 26.1. The molecule has 7 nitrogen and oxygen atoms in total. The van der Waals surface area contributed by atoms with Crippen LogP contribution in [0.15, 0.2) is 47.4 Å². The van der Waals surface area contributed by atoms with E-state index in [0.29, 0.717) is 16.5 Å². The third-order valence-corrected chi connectivity index (χ3v) is 7.54. The Labute approximate surface area is 216 Å². The topological polar surface area (TPSA) is 85.3 Å². The van der Waals surface area contributed by atoms with Gasteiger partial charge in [0.25, 0.3) is 0 Å². The molecule has 1 atom stereocenters. The van der Waals surface area contributed by atoms with E-state index >= 15 is 0 Å². The summed E-state index contributed by atoms with van der Waals surface area (Å²) in [6, 6.07) is 13.1. The van der Waals surface area contributed by atoms with Crippen LogP contribution in [0.3, 0.4) is 0 Å². The van der Waals surface area contributed by atoms with Crippen molar-refractivity contribution in [2.75, 3.05) is 23.3 Å². The van der Waals surface area contributed by atoms with Gasteiger partial charge in [-0.2, -0.15) is 0 Å². The Hall–Kier alpha value is -2.71.